The average Bonchev–Trinajstić information content (AvgIpc) is 3.08. The maximum absolute atomic E-state index is 11.0. The number of hydrogen-bond acceptors (Lipinski definition) is 3. The van der Waals surface area contributed by atoms with Crippen molar-refractivity contribution in [3.05, 3.63) is 29.7 Å². The van der Waals surface area contributed by atoms with Crippen molar-refractivity contribution < 1.29 is 9.90 Å². The van der Waals surface area contributed by atoms with Crippen molar-refractivity contribution >= 4 is 11.6 Å². The van der Waals surface area contributed by atoms with E-state index in [0.717, 1.165) is 0 Å². The van der Waals surface area contributed by atoms with Gasteiger partial charge in [0.1, 0.15) is 0 Å². The lowest BCUT2D eigenvalue weighted by Gasteiger charge is -2.04. The second-order valence-electron chi connectivity index (χ2n) is 4.59. The molecule has 5 nitrogen and oxygen atoms in total. The maximum atomic E-state index is 11.0. The van der Waals surface area contributed by atoms with E-state index in [-0.39, 0.29) is 0 Å². The highest BCUT2D eigenvalue weighted by Gasteiger charge is 2.25. The predicted molar refractivity (Wildman–Crippen MR) is 61.0 cm³/mol. The molecule has 1 atom stereocenters. The molecule has 0 aliphatic heterocycles. The first-order valence-corrected chi connectivity index (χ1v) is 5.73. The van der Waals surface area contributed by atoms with Crippen LogP contribution >= 0.6 is 0 Å². The molecular formula is C12H13N3O2. The predicted octanol–water partition coefficient (Wildman–Crippen LogP) is 1.79. The summed E-state index contributed by atoms with van der Waals surface area (Å²) in [7, 11) is 0. The molecule has 88 valence electrons. The number of fused-ring (bicyclic) bond motifs is 1. The summed E-state index contributed by atoms with van der Waals surface area (Å²) < 4.78 is 1.68. The summed E-state index contributed by atoms with van der Waals surface area (Å²) in [6.07, 6.45) is 7.82. The number of hydrogen-bond donors (Lipinski definition) is 1. The van der Waals surface area contributed by atoms with Crippen LogP contribution in [0.3, 0.4) is 0 Å². The first-order chi connectivity index (χ1) is 8.16. The van der Waals surface area contributed by atoms with Crippen molar-refractivity contribution in [1.82, 2.24) is 14.6 Å². The highest BCUT2D eigenvalue weighted by atomic mass is 16.4. The third-order valence-corrected chi connectivity index (χ3v) is 3.29. The van der Waals surface area contributed by atoms with E-state index < -0.39 is 11.9 Å². The second-order valence-corrected chi connectivity index (χ2v) is 4.59. The summed E-state index contributed by atoms with van der Waals surface area (Å²) in [6.45, 7) is 1.65. The highest BCUT2D eigenvalue weighted by Crippen LogP contribution is 2.39. The minimum atomic E-state index is -0.854. The Morgan fingerprint density at radius 1 is 1.53 bits per heavy atom. The lowest BCUT2D eigenvalue weighted by molar-refractivity contribution is -0.138. The molecule has 0 bridgehead atoms. The van der Waals surface area contributed by atoms with Gasteiger partial charge in [-0.1, -0.05) is 0 Å². The number of carbonyl (C=O) groups is 1. The number of aromatic nitrogens is 3. The third kappa shape index (κ3) is 1.67. The lowest BCUT2D eigenvalue weighted by Crippen LogP contribution is -2.07. The molecule has 5 heteroatoms. The van der Waals surface area contributed by atoms with Crippen LogP contribution in [-0.2, 0) is 4.79 Å². The van der Waals surface area contributed by atoms with Crippen LogP contribution in [0, 0.1) is 0 Å². The van der Waals surface area contributed by atoms with Crippen LogP contribution in [0.2, 0.25) is 0 Å². The van der Waals surface area contributed by atoms with Crippen molar-refractivity contribution in [1.29, 1.82) is 0 Å². The van der Waals surface area contributed by atoms with E-state index in [4.69, 9.17) is 5.11 Å². The minimum absolute atomic E-state index is 0.577. The SMILES string of the molecule is CC(C(=O)O)c1cnn2cc(C3CC3)cnc12. The molecule has 1 unspecified atom stereocenters. The summed E-state index contributed by atoms with van der Waals surface area (Å²) in [6, 6.07) is 0. The fourth-order valence-corrected chi connectivity index (χ4v) is 1.97. The fraction of sp³-hybridized carbons (Fsp3) is 0.417. The van der Waals surface area contributed by atoms with Gasteiger partial charge in [0.05, 0.1) is 12.1 Å². The van der Waals surface area contributed by atoms with Crippen LogP contribution in [-0.4, -0.2) is 25.7 Å². The topological polar surface area (TPSA) is 67.5 Å². The molecule has 1 N–H and O–H groups in total. The van der Waals surface area contributed by atoms with Gasteiger partial charge in [-0.25, -0.2) is 9.50 Å². The van der Waals surface area contributed by atoms with Gasteiger partial charge in [0, 0.05) is 18.0 Å². The largest absolute Gasteiger partial charge is 0.481 e. The molecule has 1 fully saturated rings. The molecule has 0 saturated heterocycles. The van der Waals surface area contributed by atoms with Gasteiger partial charge >= 0.3 is 5.97 Å². The van der Waals surface area contributed by atoms with Gasteiger partial charge in [0.25, 0.3) is 0 Å². The highest BCUT2D eigenvalue weighted by molar-refractivity contribution is 5.78. The van der Waals surface area contributed by atoms with Crippen LogP contribution in [0.5, 0.6) is 0 Å². The van der Waals surface area contributed by atoms with Gasteiger partial charge < -0.3 is 5.11 Å². The molecular weight excluding hydrogens is 218 g/mol. The molecule has 0 amide bonds. The molecule has 2 aromatic heterocycles. The Labute approximate surface area is 98.1 Å². The number of rotatable bonds is 3. The summed E-state index contributed by atoms with van der Waals surface area (Å²) in [4.78, 5) is 15.3. The number of carboxylic acids is 1. The maximum Gasteiger partial charge on any atom is 0.310 e. The van der Waals surface area contributed by atoms with Gasteiger partial charge in [-0.05, 0) is 31.2 Å². The summed E-state index contributed by atoms with van der Waals surface area (Å²) in [5, 5.41) is 13.2. The molecule has 1 saturated carbocycles. The van der Waals surface area contributed by atoms with Crippen LogP contribution < -0.4 is 0 Å². The van der Waals surface area contributed by atoms with Crippen LogP contribution in [0.25, 0.3) is 5.65 Å². The van der Waals surface area contributed by atoms with E-state index in [9.17, 15) is 4.79 Å². The average molecular weight is 231 g/mol. The van der Waals surface area contributed by atoms with Crippen molar-refractivity contribution in [3.63, 3.8) is 0 Å². The van der Waals surface area contributed by atoms with Crippen molar-refractivity contribution in [2.45, 2.75) is 31.6 Å². The van der Waals surface area contributed by atoms with E-state index >= 15 is 0 Å². The monoisotopic (exact) mass is 231 g/mol. The van der Waals surface area contributed by atoms with E-state index in [1.807, 2.05) is 12.4 Å². The van der Waals surface area contributed by atoms with Gasteiger partial charge in [-0.2, -0.15) is 5.10 Å². The lowest BCUT2D eigenvalue weighted by atomic mass is 10.1. The second kappa shape index (κ2) is 3.55. The molecule has 0 radical (unpaired) electrons. The van der Waals surface area contributed by atoms with Crippen molar-refractivity contribution in [3.8, 4) is 0 Å². The summed E-state index contributed by atoms with van der Waals surface area (Å²) in [5.41, 5.74) is 2.50. The van der Waals surface area contributed by atoms with Crippen LogP contribution in [0.4, 0.5) is 0 Å². The first kappa shape index (κ1) is 10.3. The minimum Gasteiger partial charge on any atom is -0.481 e. The molecule has 0 aromatic carbocycles. The van der Waals surface area contributed by atoms with Gasteiger partial charge in [-0.15, -0.1) is 0 Å². The zero-order valence-corrected chi connectivity index (χ0v) is 9.50. The summed E-state index contributed by atoms with van der Waals surface area (Å²) >= 11 is 0. The third-order valence-electron chi connectivity index (χ3n) is 3.29. The number of nitrogens with zero attached hydrogens (tertiary/aromatic N) is 3. The number of carboxylic acid groups (broad SMARTS) is 1. The standard InChI is InChI=1S/C12H13N3O2/c1-7(12(16)17)10-5-14-15-6-9(8-2-3-8)4-13-11(10)15/h4-8H,2-3H2,1H3,(H,16,17). The molecule has 1 aliphatic carbocycles. The Kier molecular flexibility index (Phi) is 2.14. The molecule has 2 heterocycles. The van der Waals surface area contributed by atoms with E-state index in [0.29, 0.717) is 17.1 Å². The smallest absolute Gasteiger partial charge is 0.310 e. The van der Waals surface area contributed by atoms with Crippen molar-refractivity contribution in [2.75, 3.05) is 0 Å². The Morgan fingerprint density at radius 3 is 2.94 bits per heavy atom. The van der Waals surface area contributed by atoms with Gasteiger partial charge in [0.2, 0.25) is 0 Å². The summed E-state index contributed by atoms with van der Waals surface area (Å²) in [5.74, 6) is -0.809. The Hall–Kier alpha value is -1.91. The van der Waals surface area contributed by atoms with Gasteiger partial charge in [0.15, 0.2) is 5.65 Å². The van der Waals surface area contributed by atoms with Crippen LogP contribution in [0.1, 0.15) is 42.7 Å². The molecule has 0 spiro atoms. The quantitative estimate of drug-likeness (QED) is 0.874. The van der Waals surface area contributed by atoms with E-state index in [2.05, 4.69) is 10.1 Å². The molecule has 2 aromatic rings. The normalized spacial score (nSPS) is 17.2. The Morgan fingerprint density at radius 2 is 2.29 bits per heavy atom. The van der Waals surface area contributed by atoms with Crippen LogP contribution in [0.15, 0.2) is 18.6 Å². The van der Waals surface area contributed by atoms with E-state index in [1.165, 1.54) is 18.4 Å². The van der Waals surface area contributed by atoms with Crippen molar-refractivity contribution in [2.24, 2.45) is 0 Å². The molecule has 17 heavy (non-hydrogen) atoms. The zero-order chi connectivity index (χ0) is 12.0. The molecule has 1 aliphatic rings. The Balaban J connectivity index is 2.07. The van der Waals surface area contributed by atoms with Gasteiger partial charge in [-0.3, -0.25) is 4.79 Å². The number of aliphatic carboxylic acids is 1. The first-order valence-electron chi connectivity index (χ1n) is 5.73. The zero-order valence-electron chi connectivity index (χ0n) is 9.50. The van der Waals surface area contributed by atoms with E-state index in [1.54, 1.807) is 17.6 Å². The fourth-order valence-electron chi connectivity index (χ4n) is 1.97. The molecule has 3 rings (SSSR count). The Bertz CT molecular complexity index is 586.